The summed E-state index contributed by atoms with van der Waals surface area (Å²) in [5.74, 6) is 0.967. The van der Waals surface area contributed by atoms with Crippen molar-refractivity contribution in [3.05, 3.63) is 42.2 Å². The number of amides is 1. The van der Waals surface area contributed by atoms with E-state index >= 15 is 0 Å². The number of ether oxygens (including phenoxy) is 1. The van der Waals surface area contributed by atoms with Gasteiger partial charge in [-0.2, -0.15) is 0 Å². The molecular weight excluding hydrogens is 380 g/mol. The summed E-state index contributed by atoms with van der Waals surface area (Å²) in [6, 6.07) is 7.73. The topological polar surface area (TPSA) is 80.5 Å². The molecule has 0 unspecified atom stereocenters. The van der Waals surface area contributed by atoms with Crippen molar-refractivity contribution < 1.29 is 14.6 Å². The van der Waals surface area contributed by atoms with E-state index < -0.39 is 11.0 Å². The predicted octanol–water partition coefficient (Wildman–Crippen LogP) is 3.43. The average molecular weight is 411 g/mol. The van der Waals surface area contributed by atoms with Crippen molar-refractivity contribution in [2.45, 2.75) is 57.7 Å². The number of carbonyl (C=O) groups excluding carboxylic acids is 1. The van der Waals surface area contributed by atoms with Crippen LogP contribution in [0.3, 0.4) is 0 Å². The van der Waals surface area contributed by atoms with Gasteiger partial charge in [-0.05, 0) is 76.3 Å². The second kappa shape index (κ2) is 7.54. The first kappa shape index (κ1) is 20.6. The van der Waals surface area contributed by atoms with Crippen molar-refractivity contribution in [2.24, 2.45) is 12.5 Å². The minimum atomic E-state index is -1.03. The summed E-state index contributed by atoms with van der Waals surface area (Å²) in [6.45, 7) is 8.47. The molecule has 7 heteroatoms. The normalized spacial score (nSPS) is 26.6. The highest BCUT2D eigenvalue weighted by molar-refractivity contribution is 6.00. The largest absolute Gasteiger partial charge is 0.491 e. The smallest absolute Gasteiger partial charge is 0.233 e. The fraction of sp³-hybridized carbons (Fsp3) is 0.522. The van der Waals surface area contributed by atoms with Gasteiger partial charge >= 0.3 is 0 Å². The summed E-state index contributed by atoms with van der Waals surface area (Å²) < 4.78 is 7.33. The average Bonchev–Trinajstić information content (AvgIpc) is 3.26. The minimum absolute atomic E-state index is 0.116. The first-order chi connectivity index (χ1) is 14.3. The third-order valence-corrected chi connectivity index (χ3v) is 6.55. The van der Waals surface area contributed by atoms with Crippen LogP contribution in [0.25, 0.3) is 6.08 Å². The van der Waals surface area contributed by atoms with E-state index in [1.807, 2.05) is 43.0 Å². The third-order valence-electron chi connectivity index (χ3n) is 6.55. The Morgan fingerprint density at radius 1 is 1.17 bits per heavy atom. The van der Waals surface area contributed by atoms with Crippen LogP contribution in [0, 0.1) is 5.41 Å². The van der Waals surface area contributed by atoms with Crippen molar-refractivity contribution in [1.82, 2.24) is 15.0 Å². The SMILES string of the molecule is C=Cc1nnn(C)c1[C@]1(O)CC[C@]2(CCN(c3ccc(OC(C)C)cc3)C2=O)CC1. The van der Waals surface area contributed by atoms with Crippen molar-refractivity contribution in [3.63, 3.8) is 0 Å². The van der Waals surface area contributed by atoms with Gasteiger partial charge in [0, 0.05) is 19.3 Å². The highest BCUT2D eigenvalue weighted by Crippen LogP contribution is 2.51. The van der Waals surface area contributed by atoms with Crippen LogP contribution in [-0.4, -0.2) is 38.7 Å². The summed E-state index contributed by atoms with van der Waals surface area (Å²) in [7, 11) is 1.78. The molecule has 0 radical (unpaired) electrons. The van der Waals surface area contributed by atoms with Crippen LogP contribution in [0.1, 0.15) is 57.3 Å². The maximum atomic E-state index is 13.4. The summed E-state index contributed by atoms with van der Waals surface area (Å²) >= 11 is 0. The molecule has 1 aliphatic heterocycles. The number of aryl methyl sites for hydroxylation is 1. The zero-order valence-electron chi connectivity index (χ0n) is 18.0. The Labute approximate surface area is 177 Å². The summed E-state index contributed by atoms with van der Waals surface area (Å²) in [5, 5.41) is 19.5. The molecule has 160 valence electrons. The molecule has 7 nitrogen and oxygen atoms in total. The standard InChI is InChI=1S/C23H30N4O3/c1-5-19-20(26(4)25-24-19)23(29)12-10-22(11-13-23)14-15-27(21(22)28)17-6-8-18(9-7-17)30-16(2)3/h5-9,16,29H,1,10-15H2,2-4H3/t22-,23+. The molecule has 1 saturated carbocycles. The second-order valence-electron chi connectivity index (χ2n) is 8.83. The van der Waals surface area contributed by atoms with Crippen molar-refractivity contribution in [2.75, 3.05) is 11.4 Å². The molecule has 2 aliphatic rings. The van der Waals surface area contributed by atoms with Crippen LogP contribution in [0.15, 0.2) is 30.8 Å². The Hall–Kier alpha value is -2.67. The van der Waals surface area contributed by atoms with Crippen LogP contribution in [0.4, 0.5) is 5.69 Å². The number of benzene rings is 1. The quantitative estimate of drug-likeness (QED) is 0.817. The third kappa shape index (κ3) is 3.41. The molecule has 1 amide bonds. The summed E-state index contributed by atoms with van der Waals surface area (Å²) in [5.41, 5.74) is 0.768. The van der Waals surface area contributed by atoms with E-state index in [0.717, 1.165) is 17.9 Å². The predicted molar refractivity (Wildman–Crippen MR) is 115 cm³/mol. The lowest BCUT2D eigenvalue weighted by Gasteiger charge is -2.40. The van der Waals surface area contributed by atoms with Crippen molar-refractivity contribution in [1.29, 1.82) is 0 Å². The first-order valence-corrected chi connectivity index (χ1v) is 10.6. The van der Waals surface area contributed by atoms with Gasteiger partial charge in [0.05, 0.1) is 17.2 Å². The fourth-order valence-electron chi connectivity index (χ4n) is 4.94. The molecule has 1 aromatic heterocycles. The highest BCUT2D eigenvalue weighted by Gasteiger charge is 2.53. The Bertz CT molecular complexity index is 940. The highest BCUT2D eigenvalue weighted by atomic mass is 16.5. The van der Waals surface area contributed by atoms with E-state index in [1.54, 1.807) is 17.8 Å². The molecule has 1 aromatic carbocycles. The lowest BCUT2D eigenvalue weighted by molar-refractivity contribution is -0.131. The monoisotopic (exact) mass is 410 g/mol. The molecule has 1 aliphatic carbocycles. The number of nitrogens with zero attached hydrogens (tertiary/aromatic N) is 4. The Morgan fingerprint density at radius 2 is 1.83 bits per heavy atom. The van der Waals surface area contributed by atoms with E-state index in [-0.39, 0.29) is 12.0 Å². The molecule has 0 atom stereocenters. The van der Waals surface area contributed by atoms with Gasteiger partial charge in [0.2, 0.25) is 5.91 Å². The van der Waals surface area contributed by atoms with Crippen molar-refractivity contribution >= 4 is 17.7 Å². The number of hydrogen-bond acceptors (Lipinski definition) is 5. The molecule has 4 rings (SSSR count). The molecule has 0 bridgehead atoms. The van der Waals surface area contributed by atoms with E-state index in [9.17, 15) is 9.90 Å². The molecule has 1 N–H and O–H groups in total. The maximum absolute atomic E-state index is 13.4. The number of aromatic nitrogens is 3. The molecular formula is C23H30N4O3. The number of carbonyl (C=O) groups is 1. The number of anilines is 1. The van der Waals surface area contributed by atoms with Crippen LogP contribution >= 0.6 is 0 Å². The van der Waals surface area contributed by atoms with E-state index in [4.69, 9.17) is 4.74 Å². The van der Waals surface area contributed by atoms with E-state index in [2.05, 4.69) is 16.9 Å². The molecule has 2 heterocycles. The Morgan fingerprint density at radius 3 is 2.43 bits per heavy atom. The van der Waals surface area contributed by atoms with Crippen LogP contribution in [0.2, 0.25) is 0 Å². The van der Waals surface area contributed by atoms with E-state index in [0.29, 0.717) is 43.6 Å². The molecule has 1 saturated heterocycles. The van der Waals surface area contributed by atoms with E-state index in [1.165, 1.54) is 0 Å². The Balaban J connectivity index is 1.49. The second-order valence-corrected chi connectivity index (χ2v) is 8.83. The molecule has 2 fully saturated rings. The first-order valence-electron chi connectivity index (χ1n) is 10.6. The molecule has 30 heavy (non-hydrogen) atoms. The minimum Gasteiger partial charge on any atom is -0.491 e. The van der Waals surface area contributed by atoms with Gasteiger partial charge in [-0.15, -0.1) is 5.10 Å². The molecule has 1 spiro atoms. The van der Waals surface area contributed by atoms with Crippen molar-refractivity contribution in [3.8, 4) is 5.75 Å². The zero-order valence-corrected chi connectivity index (χ0v) is 18.0. The Kier molecular flexibility index (Phi) is 5.18. The zero-order chi connectivity index (χ0) is 21.5. The lowest BCUT2D eigenvalue weighted by Crippen LogP contribution is -2.43. The number of aliphatic hydroxyl groups is 1. The van der Waals surface area contributed by atoms with Gasteiger partial charge in [-0.3, -0.25) is 4.79 Å². The summed E-state index contributed by atoms with van der Waals surface area (Å²) in [6.07, 6.45) is 4.87. The molecule has 2 aromatic rings. The van der Waals surface area contributed by atoms with Gasteiger partial charge in [0.25, 0.3) is 0 Å². The van der Waals surface area contributed by atoms with Gasteiger partial charge in [0.15, 0.2) is 0 Å². The maximum Gasteiger partial charge on any atom is 0.233 e. The summed E-state index contributed by atoms with van der Waals surface area (Å²) in [4.78, 5) is 15.3. The van der Waals surface area contributed by atoms with Gasteiger partial charge < -0.3 is 14.7 Å². The van der Waals surface area contributed by atoms with Gasteiger partial charge in [-0.1, -0.05) is 11.8 Å². The van der Waals surface area contributed by atoms with Crippen LogP contribution < -0.4 is 9.64 Å². The fourth-order valence-corrected chi connectivity index (χ4v) is 4.94. The van der Waals surface area contributed by atoms with Crippen LogP contribution in [0.5, 0.6) is 5.75 Å². The number of hydrogen-bond donors (Lipinski definition) is 1. The van der Waals surface area contributed by atoms with Gasteiger partial charge in [-0.25, -0.2) is 4.68 Å². The van der Waals surface area contributed by atoms with Crippen LogP contribution in [-0.2, 0) is 17.4 Å². The van der Waals surface area contributed by atoms with Gasteiger partial charge in [0.1, 0.15) is 17.0 Å². The number of rotatable bonds is 5. The lowest BCUT2D eigenvalue weighted by atomic mass is 9.66.